The Bertz CT molecular complexity index is 391. The molecule has 0 saturated carbocycles. The third kappa shape index (κ3) is 2.17. The van der Waals surface area contributed by atoms with Crippen LogP contribution >= 0.6 is 0 Å². The van der Waals surface area contributed by atoms with E-state index in [1.54, 1.807) is 0 Å². The zero-order valence-corrected chi connectivity index (χ0v) is 9.16. The van der Waals surface area contributed by atoms with Crippen LogP contribution in [0.2, 0.25) is 0 Å². The molecule has 0 saturated heterocycles. The number of nitrogens with two attached hydrogens (primary N) is 1. The van der Waals surface area contributed by atoms with E-state index in [9.17, 15) is 4.79 Å². The highest BCUT2D eigenvalue weighted by atomic mass is 16.5. The van der Waals surface area contributed by atoms with Gasteiger partial charge < -0.3 is 15.8 Å². The average molecular weight is 220 g/mol. The van der Waals surface area contributed by atoms with E-state index >= 15 is 0 Å². The van der Waals surface area contributed by atoms with Gasteiger partial charge in [-0.2, -0.15) is 0 Å². The molecule has 1 aliphatic rings. The first kappa shape index (κ1) is 11.0. The Hall–Kier alpha value is -1.55. The van der Waals surface area contributed by atoms with E-state index in [0.29, 0.717) is 13.2 Å². The summed E-state index contributed by atoms with van der Waals surface area (Å²) >= 11 is 0. The normalized spacial score (nSPS) is 14.9. The van der Waals surface area contributed by atoms with Gasteiger partial charge in [0.15, 0.2) is 0 Å². The number of benzene rings is 1. The van der Waals surface area contributed by atoms with Crippen molar-refractivity contribution >= 4 is 5.91 Å². The molecule has 1 heterocycles. The summed E-state index contributed by atoms with van der Waals surface area (Å²) in [5, 5.41) is 2.86. The number of amides is 1. The van der Waals surface area contributed by atoms with Crippen LogP contribution in [0.5, 0.6) is 5.75 Å². The summed E-state index contributed by atoms with van der Waals surface area (Å²) in [7, 11) is 0. The van der Waals surface area contributed by atoms with Gasteiger partial charge in [-0.3, -0.25) is 4.79 Å². The van der Waals surface area contributed by atoms with Crippen molar-refractivity contribution in [2.24, 2.45) is 5.73 Å². The molecular weight excluding hydrogens is 204 g/mol. The Morgan fingerprint density at radius 1 is 1.44 bits per heavy atom. The Morgan fingerprint density at radius 2 is 2.31 bits per heavy atom. The van der Waals surface area contributed by atoms with E-state index in [2.05, 4.69) is 5.32 Å². The van der Waals surface area contributed by atoms with Crippen LogP contribution < -0.4 is 15.8 Å². The standard InChI is InChI=1S/C12H16N2O2/c13-6-8-16-11-5-1-3-10-9(11)4-2-7-14-12(10)15/h1,3,5H,2,4,6-8,13H2,(H,14,15). The summed E-state index contributed by atoms with van der Waals surface area (Å²) in [6.45, 7) is 1.69. The maximum absolute atomic E-state index is 11.7. The lowest BCUT2D eigenvalue weighted by molar-refractivity contribution is 0.0955. The predicted molar refractivity (Wildman–Crippen MR) is 61.6 cm³/mol. The molecule has 0 atom stereocenters. The fourth-order valence-corrected chi connectivity index (χ4v) is 1.90. The van der Waals surface area contributed by atoms with Crippen LogP contribution in [0, 0.1) is 0 Å². The van der Waals surface area contributed by atoms with E-state index in [-0.39, 0.29) is 5.91 Å². The van der Waals surface area contributed by atoms with Crippen molar-refractivity contribution in [3.63, 3.8) is 0 Å². The molecule has 0 aliphatic carbocycles. The molecule has 4 nitrogen and oxygen atoms in total. The first-order valence-electron chi connectivity index (χ1n) is 5.56. The number of carbonyl (C=O) groups excluding carboxylic acids is 1. The number of nitrogens with one attached hydrogen (secondary N) is 1. The van der Waals surface area contributed by atoms with Gasteiger partial charge in [-0.15, -0.1) is 0 Å². The van der Waals surface area contributed by atoms with Crippen molar-refractivity contribution in [1.29, 1.82) is 0 Å². The molecule has 4 heteroatoms. The number of ether oxygens (including phenoxy) is 1. The van der Waals surface area contributed by atoms with Crippen LogP contribution in [0.3, 0.4) is 0 Å². The molecule has 0 spiro atoms. The Balaban J connectivity index is 2.33. The third-order valence-electron chi connectivity index (χ3n) is 2.64. The predicted octanol–water partition coefficient (Wildman–Crippen LogP) is 0.700. The van der Waals surface area contributed by atoms with Gasteiger partial charge >= 0.3 is 0 Å². The van der Waals surface area contributed by atoms with Gasteiger partial charge in [0.05, 0.1) is 0 Å². The molecule has 0 bridgehead atoms. The molecule has 1 amide bonds. The molecular formula is C12H16N2O2. The largest absolute Gasteiger partial charge is 0.492 e. The van der Waals surface area contributed by atoms with E-state index in [4.69, 9.17) is 10.5 Å². The first-order valence-corrected chi connectivity index (χ1v) is 5.56. The summed E-state index contributed by atoms with van der Waals surface area (Å²) in [5.41, 5.74) is 7.14. The lowest BCUT2D eigenvalue weighted by atomic mass is 10.0. The molecule has 0 radical (unpaired) electrons. The second-order valence-electron chi connectivity index (χ2n) is 3.78. The molecule has 0 aromatic heterocycles. The molecule has 1 aromatic rings. The molecule has 0 unspecified atom stereocenters. The lowest BCUT2D eigenvalue weighted by Crippen LogP contribution is -2.22. The maximum Gasteiger partial charge on any atom is 0.251 e. The number of fused-ring (bicyclic) bond motifs is 1. The fraction of sp³-hybridized carbons (Fsp3) is 0.417. The minimum atomic E-state index is -0.00861. The maximum atomic E-state index is 11.7. The summed E-state index contributed by atoms with van der Waals surface area (Å²) in [6.07, 6.45) is 1.82. The van der Waals surface area contributed by atoms with Gasteiger partial charge in [0.2, 0.25) is 0 Å². The van der Waals surface area contributed by atoms with Crippen LogP contribution in [0.25, 0.3) is 0 Å². The molecule has 3 N–H and O–H groups in total. The van der Waals surface area contributed by atoms with Gasteiger partial charge in [-0.25, -0.2) is 0 Å². The van der Waals surface area contributed by atoms with Crippen LogP contribution in [0.1, 0.15) is 22.3 Å². The van der Waals surface area contributed by atoms with E-state index in [0.717, 1.165) is 36.3 Å². The quantitative estimate of drug-likeness (QED) is 0.788. The highest BCUT2D eigenvalue weighted by Crippen LogP contribution is 2.25. The zero-order chi connectivity index (χ0) is 11.4. The second kappa shape index (κ2) is 4.99. The van der Waals surface area contributed by atoms with Gasteiger partial charge in [0.25, 0.3) is 5.91 Å². The van der Waals surface area contributed by atoms with Gasteiger partial charge in [0, 0.05) is 24.2 Å². The van der Waals surface area contributed by atoms with Crippen molar-refractivity contribution in [3.05, 3.63) is 29.3 Å². The van der Waals surface area contributed by atoms with Crippen LogP contribution in [-0.2, 0) is 6.42 Å². The Labute approximate surface area is 94.8 Å². The first-order chi connectivity index (χ1) is 7.83. The van der Waals surface area contributed by atoms with E-state index < -0.39 is 0 Å². The van der Waals surface area contributed by atoms with Gasteiger partial charge in [-0.05, 0) is 25.0 Å². The number of hydrogen-bond acceptors (Lipinski definition) is 3. The van der Waals surface area contributed by atoms with Crippen molar-refractivity contribution < 1.29 is 9.53 Å². The fourth-order valence-electron chi connectivity index (χ4n) is 1.90. The molecule has 16 heavy (non-hydrogen) atoms. The third-order valence-corrected chi connectivity index (χ3v) is 2.64. The lowest BCUT2D eigenvalue weighted by Gasteiger charge is -2.11. The number of carbonyl (C=O) groups is 1. The van der Waals surface area contributed by atoms with Crippen LogP contribution in [-0.4, -0.2) is 25.6 Å². The van der Waals surface area contributed by atoms with Gasteiger partial charge in [0.1, 0.15) is 12.4 Å². The summed E-state index contributed by atoms with van der Waals surface area (Å²) < 4.78 is 5.55. The second-order valence-corrected chi connectivity index (χ2v) is 3.78. The monoisotopic (exact) mass is 220 g/mol. The topological polar surface area (TPSA) is 64.3 Å². The van der Waals surface area contributed by atoms with Gasteiger partial charge in [-0.1, -0.05) is 6.07 Å². The number of rotatable bonds is 3. The Kier molecular flexibility index (Phi) is 3.41. The highest BCUT2D eigenvalue weighted by Gasteiger charge is 2.18. The number of hydrogen-bond donors (Lipinski definition) is 2. The SMILES string of the molecule is NCCOc1cccc2c1CCCNC2=O. The van der Waals surface area contributed by atoms with E-state index in [1.165, 1.54) is 0 Å². The summed E-state index contributed by atoms with van der Waals surface area (Å²) in [6, 6.07) is 5.58. The molecule has 86 valence electrons. The Morgan fingerprint density at radius 3 is 3.12 bits per heavy atom. The minimum absolute atomic E-state index is 0.00861. The average Bonchev–Trinajstić information content (AvgIpc) is 2.49. The van der Waals surface area contributed by atoms with Crippen molar-refractivity contribution in [2.75, 3.05) is 19.7 Å². The van der Waals surface area contributed by atoms with Crippen LogP contribution in [0.4, 0.5) is 0 Å². The summed E-state index contributed by atoms with van der Waals surface area (Å²) in [5.74, 6) is 0.783. The van der Waals surface area contributed by atoms with Crippen molar-refractivity contribution in [1.82, 2.24) is 5.32 Å². The van der Waals surface area contributed by atoms with Crippen LogP contribution in [0.15, 0.2) is 18.2 Å². The molecule has 1 aromatic carbocycles. The smallest absolute Gasteiger partial charge is 0.251 e. The highest BCUT2D eigenvalue weighted by molar-refractivity contribution is 5.96. The van der Waals surface area contributed by atoms with Crippen molar-refractivity contribution in [3.8, 4) is 5.75 Å². The van der Waals surface area contributed by atoms with E-state index in [1.807, 2.05) is 18.2 Å². The summed E-state index contributed by atoms with van der Waals surface area (Å²) in [4.78, 5) is 11.7. The molecule has 1 aliphatic heterocycles. The zero-order valence-electron chi connectivity index (χ0n) is 9.16. The van der Waals surface area contributed by atoms with Crippen molar-refractivity contribution in [2.45, 2.75) is 12.8 Å². The minimum Gasteiger partial charge on any atom is -0.492 e. The molecule has 0 fully saturated rings. The molecule has 2 rings (SSSR count).